The standard InChI is InChI=1S/C19H28F3N3O2S.C6H6.C2H6/c1-28(26,27)18-4-2-3-17(13-18)25-11-9-23(10-12-25)14-16-5-7-24(8-6-16)15-19(20,21)22;1-2-4-6-5-3-1;1-2/h2-4,13,16H,5-12,14-15H2,1H3;1-6H;1-2H3. The van der Waals surface area contributed by atoms with Gasteiger partial charge in [0.1, 0.15) is 0 Å². The Bertz CT molecular complexity index is 945. The Morgan fingerprint density at radius 1 is 0.806 bits per heavy atom. The first-order valence-electron chi connectivity index (χ1n) is 12.7. The van der Waals surface area contributed by atoms with E-state index in [0.717, 1.165) is 51.3 Å². The van der Waals surface area contributed by atoms with Crippen LogP contribution in [-0.2, 0) is 9.84 Å². The number of sulfone groups is 1. The van der Waals surface area contributed by atoms with Crippen LogP contribution >= 0.6 is 0 Å². The fourth-order valence-electron chi connectivity index (χ4n) is 4.43. The van der Waals surface area contributed by atoms with Gasteiger partial charge in [-0.1, -0.05) is 56.3 Å². The number of piperazine rings is 1. The summed E-state index contributed by atoms with van der Waals surface area (Å²) in [5.74, 6) is 0.449. The van der Waals surface area contributed by atoms with Crippen molar-refractivity contribution in [3.8, 4) is 0 Å². The number of piperidine rings is 1. The highest BCUT2D eigenvalue weighted by Gasteiger charge is 2.33. The monoisotopic (exact) mass is 527 g/mol. The van der Waals surface area contributed by atoms with Crippen LogP contribution in [-0.4, -0.2) is 83.0 Å². The van der Waals surface area contributed by atoms with Gasteiger partial charge in [0.05, 0.1) is 11.4 Å². The van der Waals surface area contributed by atoms with Gasteiger partial charge in [0.25, 0.3) is 0 Å². The predicted octanol–water partition coefficient (Wildman–Crippen LogP) is 5.20. The topological polar surface area (TPSA) is 43.9 Å². The molecule has 2 aromatic carbocycles. The van der Waals surface area contributed by atoms with Gasteiger partial charge in [0.15, 0.2) is 9.84 Å². The number of rotatable bonds is 5. The van der Waals surface area contributed by atoms with E-state index >= 15 is 0 Å². The van der Waals surface area contributed by atoms with E-state index in [-0.39, 0.29) is 0 Å². The number of anilines is 1. The van der Waals surface area contributed by atoms with Gasteiger partial charge in [-0.3, -0.25) is 9.80 Å². The fraction of sp³-hybridized carbons (Fsp3) is 0.556. The first kappa shape index (κ1) is 30.1. The minimum Gasteiger partial charge on any atom is -0.369 e. The Morgan fingerprint density at radius 2 is 1.33 bits per heavy atom. The van der Waals surface area contributed by atoms with Crippen LogP contribution in [0.4, 0.5) is 18.9 Å². The zero-order valence-electron chi connectivity index (χ0n) is 21.6. The van der Waals surface area contributed by atoms with E-state index < -0.39 is 22.6 Å². The molecule has 2 fully saturated rings. The van der Waals surface area contributed by atoms with Gasteiger partial charge in [-0.05, 0) is 50.0 Å². The molecule has 0 saturated carbocycles. The average Bonchev–Trinajstić information content (AvgIpc) is 2.87. The molecule has 0 radical (unpaired) electrons. The lowest BCUT2D eigenvalue weighted by atomic mass is 9.96. The average molecular weight is 528 g/mol. The van der Waals surface area contributed by atoms with Gasteiger partial charge in [-0.15, -0.1) is 0 Å². The largest absolute Gasteiger partial charge is 0.401 e. The van der Waals surface area contributed by atoms with E-state index in [9.17, 15) is 21.6 Å². The van der Waals surface area contributed by atoms with Crippen molar-refractivity contribution in [1.82, 2.24) is 9.80 Å². The Kier molecular flexibility index (Phi) is 12.2. The summed E-state index contributed by atoms with van der Waals surface area (Å²) in [7, 11) is -3.22. The number of halogens is 3. The fourth-order valence-corrected chi connectivity index (χ4v) is 5.09. The van der Waals surface area contributed by atoms with Gasteiger partial charge in [0.2, 0.25) is 0 Å². The normalized spacial score (nSPS) is 18.0. The Hall–Kier alpha value is -2.10. The third-order valence-electron chi connectivity index (χ3n) is 6.28. The minimum atomic E-state index is -4.11. The number of hydrogen-bond donors (Lipinski definition) is 0. The summed E-state index contributed by atoms with van der Waals surface area (Å²) < 4.78 is 61.0. The third-order valence-corrected chi connectivity index (χ3v) is 7.39. The molecule has 9 heteroatoms. The van der Waals surface area contributed by atoms with Crippen molar-refractivity contribution in [3.63, 3.8) is 0 Å². The highest BCUT2D eigenvalue weighted by molar-refractivity contribution is 7.90. The summed E-state index contributed by atoms with van der Waals surface area (Å²) in [6.45, 7) is 8.56. The quantitative estimate of drug-likeness (QED) is 0.535. The molecular formula is C27H40F3N3O2S. The van der Waals surface area contributed by atoms with Crippen molar-refractivity contribution in [2.45, 2.75) is 37.8 Å². The van der Waals surface area contributed by atoms with Gasteiger partial charge < -0.3 is 4.90 Å². The van der Waals surface area contributed by atoms with E-state index in [0.29, 0.717) is 23.9 Å². The molecule has 2 aliphatic heterocycles. The van der Waals surface area contributed by atoms with Crippen LogP contribution in [0.1, 0.15) is 26.7 Å². The van der Waals surface area contributed by atoms with Crippen LogP contribution in [0, 0.1) is 5.92 Å². The van der Waals surface area contributed by atoms with E-state index in [1.165, 1.54) is 11.2 Å². The minimum absolute atomic E-state index is 0.332. The van der Waals surface area contributed by atoms with E-state index in [4.69, 9.17) is 0 Å². The van der Waals surface area contributed by atoms with Crippen molar-refractivity contribution in [3.05, 3.63) is 60.7 Å². The maximum atomic E-state index is 12.5. The summed E-state index contributed by atoms with van der Waals surface area (Å²) in [5, 5.41) is 0. The van der Waals surface area contributed by atoms with Gasteiger partial charge in [0, 0.05) is 44.7 Å². The molecule has 4 rings (SSSR count). The SMILES string of the molecule is CC.CS(=O)(=O)c1cccc(N2CCN(CC3CCN(CC(F)(F)F)CC3)CC2)c1.c1ccccc1. The van der Waals surface area contributed by atoms with Crippen LogP contribution < -0.4 is 4.90 Å². The van der Waals surface area contributed by atoms with Gasteiger partial charge in [-0.2, -0.15) is 13.2 Å². The third kappa shape index (κ3) is 10.9. The van der Waals surface area contributed by atoms with Crippen molar-refractivity contribution in [2.24, 2.45) is 5.92 Å². The van der Waals surface area contributed by atoms with Crippen molar-refractivity contribution < 1.29 is 21.6 Å². The molecule has 2 aromatic rings. The maximum absolute atomic E-state index is 12.5. The molecule has 36 heavy (non-hydrogen) atoms. The molecule has 0 aliphatic carbocycles. The molecule has 0 aromatic heterocycles. The maximum Gasteiger partial charge on any atom is 0.401 e. The van der Waals surface area contributed by atoms with Crippen molar-refractivity contribution in [1.29, 1.82) is 0 Å². The smallest absolute Gasteiger partial charge is 0.369 e. The predicted molar refractivity (Wildman–Crippen MR) is 141 cm³/mol. The second-order valence-corrected chi connectivity index (χ2v) is 11.1. The van der Waals surface area contributed by atoms with Crippen LogP contribution in [0.25, 0.3) is 0 Å². The molecule has 0 spiro atoms. The highest BCUT2D eigenvalue weighted by atomic mass is 32.2. The molecule has 5 nitrogen and oxygen atoms in total. The van der Waals surface area contributed by atoms with Crippen LogP contribution in [0.2, 0.25) is 0 Å². The zero-order valence-corrected chi connectivity index (χ0v) is 22.4. The molecule has 0 bridgehead atoms. The van der Waals surface area contributed by atoms with Gasteiger partial charge in [-0.25, -0.2) is 8.42 Å². The summed E-state index contributed by atoms with van der Waals surface area (Å²) in [5.41, 5.74) is 0.919. The first-order chi connectivity index (χ1) is 17.1. The molecular weight excluding hydrogens is 487 g/mol. The molecule has 0 N–H and O–H groups in total. The van der Waals surface area contributed by atoms with E-state index in [1.54, 1.807) is 18.2 Å². The summed E-state index contributed by atoms with van der Waals surface area (Å²) >= 11 is 0. The number of hydrogen-bond acceptors (Lipinski definition) is 5. The lowest BCUT2D eigenvalue weighted by Gasteiger charge is -2.39. The molecule has 202 valence electrons. The van der Waals surface area contributed by atoms with Gasteiger partial charge >= 0.3 is 6.18 Å². The molecule has 0 unspecified atom stereocenters. The highest BCUT2D eigenvalue weighted by Crippen LogP contribution is 2.25. The summed E-state index contributed by atoms with van der Waals surface area (Å²) in [4.78, 5) is 6.40. The Morgan fingerprint density at radius 3 is 1.81 bits per heavy atom. The molecule has 0 atom stereocenters. The van der Waals surface area contributed by atoms with E-state index in [1.807, 2.05) is 56.3 Å². The summed E-state index contributed by atoms with van der Waals surface area (Å²) in [6.07, 6.45) is -1.28. The lowest BCUT2D eigenvalue weighted by molar-refractivity contribution is -0.148. The van der Waals surface area contributed by atoms with Crippen LogP contribution in [0.3, 0.4) is 0 Å². The number of benzene rings is 2. The number of nitrogens with zero attached hydrogens (tertiary/aromatic N) is 3. The van der Waals surface area contributed by atoms with Crippen molar-refractivity contribution >= 4 is 15.5 Å². The second kappa shape index (κ2) is 14.6. The van der Waals surface area contributed by atoms with Crippen LogP contribution in [0.15, 0.2) is 65.6 Å². The Labute approximate surface area is 214 Å². The van der Waals surface area contributed by atoms with Crippen LogP contribution in [0.5, 0.6) is 0 Å². The number of likely N-dealkylation sites (tertiary alicyclic amines) is 1. The van der Waals surface area contributed by atoms with E-state index in [2.05, 4.69) is 9.80 Å². The number of alkyl halides is 3. The second-order valence-electron chi connectivity index (χ2n) is 9.05. The first-order valence-corrected chi connectivity index (χ1v) is 14.6. The molecule has 2 saturated heterocycles. The molecule has 2 heterocycles. The summed E-state index contributed by atoms with van der Waals surface area (Å²) in [6, 6.07) is 19.0. The Balaban J connectivity index is 0.000000491. The lowest BCUT2D eigenvalue weighted by Crippen LogP contribution is -2.49. The van der Waals surface area contributed by atoms with Crippen molar-refractivity contribution in [2.75, 3.05) is 63.5 Å². The molecule has 0 amide bonds. The molecule has 2 aliphatic rings. The zero-order chi connectivity index (χ0) is 26.6.